The third-order valence-corrected chi connectivity index (χ3v) is 2.45. The predicted molar refractivity (Wildman–Crippen MR) is 65.9 cm³/mol. The summed E-state index contributed by atoms with van der Waals surface area (Å²) >= 11 is 0. The molecular formula is C13H15N3O. The predicted octanol–water partition coefficient (Wildman–Crippen LogP) is 2.34. The molecule has 2 rings (SSSR count). The lowest BCUT2D eigenvalue weighted by molar-refractivity contribution is 0.436. The number of aryl methyl sites for hydroxylation is 2. The maximum Gasteiger partial charge on any atom is 0.322 e. The maximum atomic E-state index is 5.65. The molecule has 0 spiro atoms. The van der Waals surface area contributed by atoms with Gasteiger partial charge in [-0.2, -0.15) is 4.98 Å². The van der Waals surface area contributed by atoms with Crippen LogP contribution in [0.25, 0.3) is 0 Å². The molecule has 1 aromatic carbocycles. The molecule has 88 valence electrons. The summed E-state index contributed by atoms with van der Waals surface area (Å²) in [6, 6.07) is 8.13. The van der Waals surface area contributed by atoms with Crippen LogP contribution in [0.3, 0.4) is 0 Å². The van der Waals surface area contributed by atoms with Crippen molar-refractivity contribution in [1.29, 1.82) is 0 Å². The number of nitrogens with zero attached hydrogens (tertiary/aromatic N) is 2. The lowest BCUT2D eigenvalue weighted by Crippen LogP contribution is -2.02. The van der Waals surface area contributed by atoms with Gasteiger partial charge >= 0.3 is 6.01 Å². The van der Waals surface area contributed by atoms with Gasteiger partial charge in [0.05, 0.1) is 5.69 Å². The number of aromatic nitrogens is 2. The van der Waals surface area contributed by atoms with Crippen molar-refractivity contribution in [1.82, 2.24) is 9.97 Å². The van der Waals surface area contributed by atoms with Gasteiger partial charge in [0.2, 0.25) is 0 Å². The lowest BCUT2D eigenvalue weighted by atomic mass is 10.1. The fourth-order valence-electron chi connectivity index (χ4n) is 1.45. The standard InChI is InChI=1S/C13H15N3O/c1-9-3-4-10(2)12(7-9)17-13-15-6-5-11(8-14)16-13/h3-7H,8,14H2,1-2H3. The Morgan fingerprint density at radius 2 is 2.06 bits per heavy atom. The fourth-order valence-corrected chi connectivity index (χ4v) is 1.45. The summed E-state index contributed by atoms with van der Waals surface area (Å²) in [6.45, 7) is 4.39. The molecule has 2 aromatic rings. The van der Waals surface area contributed by atoms with Crippen molar-refractivity contribution >= 4 is 0 Å². The molecular weight excluding hydrogens is 214 g/mol. The monoisotopic (exact) mass is 229 g/mol. The highest BCUT2D eigenvalue weighted by Crippen LogP contribution is 2.23. The highest BCUT2D eigenvalue weighted by Gasteiger charge is 2.04. The Labute approximate surface area is 100 Å². The summed E-state index contributed by atoms with van der Waals surface area (Å²) in [7, 11) is 0. The van der Waals surface area contributed by atoms with Gasteiger partial charge in [-0.15, -0.1) is 0 Å². The Hall–Kier alpha value is -1.94. The Morgan fingerprint density at radius 3 is 2.82 bits per heavy atom. The minimum atomic E-state index is 0.335. The van der Waals surface area contributed by atoms with Crippen molar-refractivity contribution < 1.29 is 4.74 Å². The summed E-state index contributed by atoms with van der Waals surface area (Å²) in [5.41, 5.74) is 8.48. The molecule has 0 atom stereocenters. The molecule has 0 saturated heterocycles. The molecule has 0 amide bonds. The van der Waals surface area contributed by atoms with E-state index < -0.39 is 0 Å². The summed E-state index contributed by atoms with van der Waals surface area (Å²) in [4.78, 5) is 8.26. The number of ether oxygens (including phenoxy) is 1. The smallest absolute Gasteiger partial charge is 0.322 e. The molecule has 0 aliphatic carbocycles. The van der Waals surface area contributed by atoms with Crippen LogP contribution < -0.4 is 10.5 Å². The third kappa shape index (κ3) is 2.79. The van der Waals surface area contributed by atoms with Crippen LogP contribution in [0, 0.1) is 13.8 Å². The van der Waals surface area contributed by atoms with E-state index in [4.69, 9.17) is 10.5 Å². The van der Waals surface area contributed by atoms with E-state index in [1.54, 1.807) is 12.3 Å². The quantitative estimate of drug-likeness (QED) is 0.877. The largest absolute Gasteiger partial charge is 0.424 e. The third-order valence-electron chi connectivity index (χ3n) is 2.45. The van der Waals surface area contributed by atoms with E-state index in [1.807, 2.05) is 32.0 Å². The van der Waals surface area contributed by atoms with Gasteiger partial charge in [-0.25, -0.2) is 4.98 Å². The minimum absolute atomic E-state index is 0.335. The van der Waals surface area contributed by atoms with Gasteiger partial charge < -0.3 is 10.5 Å². The van der Waals surface area contributed by atoms with Crippen LogP contribution in [-0.2, 0) is 6.54 Å². The molecule has 1 aromatic heterocycles. The molecule has 17 heavy (non-hydrogen) atoms. The average molecular weight is 229 g/mol. The molecule has 0 fully saturated rings. The molecule has 0 saturated carbocycles. The summed E-state index contributed by atoms with van der Waals surface area (Å²) in [5, 5.41) is 0. The zero-order valence-corrected chi connectivity index (χ0v) is 9.97. The van der Waals surface area contributed by atoms with E-state index >= 15 is 0 Å². The van der Waals surface area contributed by atoms with Crippen LogP contribution in [0.2, 0.25) is 0 Å². The second-order valence-electron chi connectivity index (χ2n) is 3.91. The second kappa shape index (κ2) is 4.93. The molecule has 0 radical (unpaired) electrons. The normalized spacial score (nSPS) is 10.3. The van der Waals surface area contributed by atoms with E-state index in [0.29, 0.717) is 12.6 Å². The summed E-state index contributed by atoms with van der Waals surface area (Å²) in [5.74, 6) is 0.777. The van der Waals surface area contributed by atoms with Crippen LogP contribution in [0.1, 0.15) is 16.8 Å². The molecule has 4 heteroatoms. The molecule has 0 aliphatic heterocycles. The van der Waals surface area contributed by atoms with Crippen molar-refractivity contribution in [3.63, 3.8) is 0 Å². The second-order valence-corrected chi connectivity index (χ2v) is 3.91. The fraction of sp³-hybridized carbons (Fsp3) is 0.231. The Morgan fingerprint density at radius 1 is 1.24 bits per heavy atom. The van der Waals surface area contributed by atoms with Crippen LogP contribution >= 0.6 is 0 Å². The van der Waals surface area contributed by atoms with Gasteiger partial charge in [-0.1, -0.05) is 12.1 Å². The van der Waals surface area contributed by atoms with Crippen LogP contribution in [0.15, 0.2) is 30.5 Å². The highest BCUT2D eigenvalue weighted by atomic mass is 16.5. The number of hydrogen-bond acceptors (Lipinski definition) is 4. The van der Waals surface area contributed by atoms with Crippen molar-refractivity contribution in [3.8, 4) is 11.8 Å². The molecule has 0 aliphatic rings. The van der Waals surface area contributed by atoms with E-state index in [0.717, 1.165) is 22.6 Å². The molecule has 2 N–H and O–H groups in total. The van der Waals surface area contributed by atoms with Crippen LogP contribution in [-0.4, -0.2) is 9.97 Å². The van der Waals surface area contributed by atoms with Crippen molar-refractivity contribution in [2.24, 2.45) is 5.73 Å². The summed E-state index contributed by atoms with van der Waals surface area (Å²) in [6.07, 6.45) is 1.65. The van der Waals surface area contributed by atoms with Crippen molar-refractivity contribution in [2.75, 3.05) is 0 Å². The minimum Gasteiger partial charge on any atom is -0.424 e. The Bertz CT molecular complexity index is 526. The van der Waals surface area contributed by atoms with Gasteiger partial charge in [-0.3, -0.25) is 0 Å². The van der Waals surface area contributed by atoms with E-state index in [1.165, 1.54) is 0 Å². The zero-order valence-electron chi connectivity index (χ0n) is 9.97. The van der Waals surface area contributed by atoms with Gasteiger partial charge in [0.15, 0.2) is 0 Å². The molecule has 0 unspecified atom stereocenters. The first-order chi connectivity index (χ1) is 8.19. The van der Waals surface area contributed by atoms with Gasteiger partial charge in [0.25, 0.3) is 0 Å². The number of rotatable bonds is 3. The first-order valence-electron chi connectivity index (χ1n) is 5.46. The maximum absolute atomic E-state index is 5.65. The topological polar surface area (TPSA) is 61.0 Å². The van der Waals surface area contributed by atoms with E-state index in [9.17, 15) is 0 Å². The lowest BCUT2D eigenvalue weighted by Gasteiger charge is -2.08. The molecule has 1 heterocycles. The van der Waals surface area contributed by atoms with Gasteiger partial charge in [-0.05, 0) is 37.1 Å². The van der Waals surface area contributed by atoms with E-state index in [-0.39, 0.29) is 0 Å². The summed E-state index contributed by atoms with van der Waals surface area (Å²) < 4.78 is 5.65. The van der Waals surface area contributed by atoms with Crippen molar-refractivity contribution in [2.45, 2.75) is 20.4 Å². The van der Waals surface area contributed by atoms with E-state index in [2.05, 4.69) is 9.97 Å². The Kier molecular flexibility index (Phi) is 3.35. The number of hydrogen-bond donors (Lipinski definition) is 1. The van der Waals surface area contributed by atoms with Gasteiger partial charge in [0, 0.05) is 12.7 Å². The van der Waals surface area contributed by atoms with Crippen LogP contribution in [0.5, 0.6) is 11.8 Å². The molecule has 4 nitrogen and oxygen atoms in total. The van der Waals surface area contributed by atoms with Gasteiger partial charge in [0.1, 0.15) is 5.75 Å². The van der Waals surface area contributed by atoms with Crippen molar-refractivity contribution in [3.05, 3.63) is 47.3 Å². The Balaban J connectivity index is 2.27. The molecule has 0 bridgehead atoms. The van der Waals surface area contributed by atoms with Crippen LogP contribution in [0.4, 0.5) is 0 Å². The first-order valence-corrected chi connectivity index (χ1v) is 5.46. The number of nitrogens with two attached hydrogens (primary N) is 1. The number of benzene rings is 1. The average Bonchev–Trinajstić information content (AvgIpc) is 2.34. The first kappa shape index (κ1) is 11.5. The highest BCUT2D eigenvalue weighted by molar-refractivity contribution is 5.37. The SMILES string of the molecule is Cc1ccc(C)c(Oc2nccc(CN)n2)c1. The zero-order chi connectivity index (χ0) is 12.3.